The molecule has 0 atom stereocenters. The van der Waals surface area contributed by atoms with Crippen LogP contribution in [0.4, 0.5) is 0 Å². The Morgan fingerprint density at radius 2 is 2.07 bits per heavy atom. The summed E-state index contributed by atoms with van der Waals surface area (Å²) in [6, 6.07) is 4.85. The molecule has 1 aromatic carbocycles. The van der Waals surface area contributed by atoms with E-state index in [0.29, 0.717) is 5.75 Å². The fourth-order valence-electron chi connectivity index (χ4n) is 1.23. The maximum absolute atomic E-state index is 10.0. The van der Waals surface area contributed by atoms with Crippen molar-refractivity contribution in [2.24, 2.45) is 0 Å². The number of hydrogen-bond donors (Lipinski definition) is 2. The molecule has 0 aliphatic rings. The van der Waals surface area contributed by atoms with E-state index >= 15 is 0 Å². The van der Waals surface area contributed by atoms with E-state index in [1.807, 2.05) is 0 Å². The number of phenolic OH excluding ortho intramolecular Hbond substituents is 2. The summed E-state index contributed by atoms with van der Waals surface area (Å²) in [5, 5.41) is 18.3. The Labute approximate surface area is 93.1 Å². The standard InChI is InChI=1S/C11H14O3S/c12-5-7-15-6-1-2-9-3-4-10(13)11(14)8-9/h3-5,8,13-14H,1-2,6-7H2. The molecule has 0 aromatic heterocycles. The summed E-state index contributed by atoms with van der Waals surface area (Å²) in [6.45, 7) is 0. The number of carbonyl (C=O) groups is 1. The third-order valence-electron chi connectivity index (χ3n) is 1.98. The molecule has 4 heteroatoms. The van der Waals surface area contributed by atoms with E-state index in [-0.39, 0.29) is 11.5 Å². The van der Waals surface area contributed by atoms with Crippen molar-refractivity contribution in [2.75, 3.05) is 11.5 Å². The summed E-state index contributed by atoms with van der Waals surface area (Å²) in [6.07, 6.45) is 2.71. The van der Waals surface area contributed by atoms with E-state index in [1.165, 1.54) is 6.07 Å². The van der Waals surface area contributed by atoms with Crippen molar-refractivity contribution in [3.05, 3.63) is 23.8 Å². The van der Waals surface area contributed by atoms with Crippen molar-refractivity contribution in [1.29, 1.82) is 0 Å². The van der Waals surface area contributed by atoms with Crippen molar-refractivity contribution in [3.8, 4) is 11.5 Å². The van der Waals surface area contributed by atoms with Crippen molar-refractivity contribution in [1.82, 2.24) is 0 Å². The van der Waals surface area contributed by atoms with Crippen molar-refractivity contribution >= 4 is 18.0 Å². The summed E-state index contributed by atoms with van der Waals surface area (Å²) in [7, 11) is 0. The SMILES string of the molecule is O=CCSCCCc1ccc(O)c(O)c1. The lowest BCUT2D eigenvalue weighted by Crippen LogP contribution is -1.89. The van der Waals surface area contributed by atoms with Crippen LogP contribution in [0.15, 0.2) is 18.2 Å². The molecule has 0 fully saturated rings. The zero-order chi connectivity index (χ0) is 11.1. The Morgan fingerprint density at radius 1 is 1.27 bits per heavy atom. The van der Waals surface area contributed by atoms with Gasteiger partial charge in [0.15, 0.2) is 11.5 Å². The summed E-state index contributed by atoms with van der Waals surface area (Å²) >= 11 is 1.60. The third kappa shape index (κ3) is 4.25. The Kier molecular flexibility index (Phi) is 5.04. The molecule has 0 saturated heterocycles. The first-order chi connectivity index (χ1) is 7.24. The average molecular weight is 226 g/mol. The maximum atomic E-state index is 10.0. The van der Waals surface area contributed by atoms with Crippen LogP contribution in [-0.2, 0) is 11.2 Å². The van der Waals surface area contributed by atoms with Gasteiger partial charge in [-0.3, -0.25) is 0 Å². The lowest BCUT2D eigenvalue weighted by Gasteiger charge is -2.02. The van der Waals surface area contributed by atoms with Gasteiger partial charge in [0.2, 0.25) is 0 Å². The zero-order valence-corrected chi connectivity index (χ0v) is 9.17. The summed E-state index contributed by atoms with van der Waals surface area (Å²) < 4.78 is 0. The van der Waals surface area contributed by atoms with Gasteiger partial charge in [-0.25, -0.2) is 0 Å². The highest BCUT2D eigenvalue weighted by molar-refractivity contribution is 7.99. The number of aldehydes is 1. The summed E-state index contributed by atoms with van der Waals surface area (Å²) in [4.78, 5) is 10.0. The normalized spacial score (nSPS) is 10.1. The van der Waals surface area contributed by atoms with Gasteiger partial charge < -0.3 is 15.0 Å². The number of benzene rings is 1. The largest absolute Gasteiger partial charge is 0.504 e. The minimum atomic E-state index is -0.0888. The Morgan fingerprint density at radius 3 is 2.73 bits per heavy atom. The number of hydrogen-bond acceptors (Lipinski definition) is 4. The van der Waals surface area contributed by atoms with Crippen LogP contribution in [0.2, 0.25) is 0 Å². The van der Waals surface area contributed by atoms with Crippen LogP contribution in [-0.4, -0.2) is 28.0 Å². The van der Waals surface area contributed by atoms with Gasteiger partial charge in [0.1, 0.15) is 6.29 Å². The van der Waals surface area contributed by atoms with Crippen LogP contribution in [0, 0.1) is 0 Å². The van der Waals surface area contributed by atoms with E-state index in [0.717, 1.165) is 30.4 Å². The minimum absolute atomic E-state index is 0.0759. The molecular formula is C11H14O3S. The Balaban J connectivity index is 2.31. The number of aryl methyl sites for hydroxylation is 1. The van der Waals surface area contributed by atoms with Gasteiger partial charge in [0.25, 0.3) is 0 Å². The molecule has 0 unspecified atom stereocenters. The molecule has 0 bridgehead atoms. The molecule has 0 heterocycles. The van der Waals surface area contributed by atoms with E-state index < -0.39 is 0 Å². The smallest absolute Gasteiger partial charge is 0.157 e. The van der Waals surface area contributed by atoms with Gasteiger partial charge in [-0.05, 0) is 36.3 Å². The number of rotatable bonds is 6. The van der Waals surface area contributed by atoms with Crippen LogP contribution in [0.5, 0.6) is 11.5 Å². The second-order valence-electron chi connectivity index (χ2n) is 3.17. The maximum Gasteiger partial charge on any atom is 0.157 e. The molecule has 1 rings (SSSR count). The first-order valence-electron chi connectivity index (χ1n) is 4.76. The predicted molar refractivity (Wildman–Crippen MR) is 61.5 cm³/mol. The highest BCUT2D eigenvalue weighted by Crippen LogP contribution is 2.25. The fraction of sp³-hybridized carbons (Fsp3) is 0.364. The molecule has 0 amide bonds. The monoisotopic (exact) mass is 226 g/mol. The average Bonchev–Trinajstić information content (AvgIpc) is 2.23. The molecule has 0 radical (unpaired) electrons. The number of phenols is 2. The van der Waals surface area contributed by atoms with Gasteiger partial charge in [0.05, 0.1) is 0 Å². The lowest BCUT2D eigenvalue weighted by atomic mass is 10.1. The second kappa shape index (κ2) is 6.35. The zero-order valence-electron chi connectivity index (χ0n) is 8.35. The van der Waals surface area contributed by atoms with Gasteiger partial charge in [-0.2, -0.15) is 11.8 Å². The number of carbonyl (C=O) groups excluding carboxylic acids is 1. The molecule has 1 aromatic rings. The molecule has 0 aliphatic carbocycles. The van der Waals surface area contributed by atoms with Gasteiger partial charge in [-0.1, -0.05) is 6.07 Å². The van der Waals surface area contributed by atoms with Crippen molar-refractivity contribution < 1.29 is 15.0 Å². The quantitative estimate of drug-likeness (QED) is 0.442. The molecule has 2 N–H and O–H groups in total. The van der Waals surface area contributed by atoms with Gasteiger partial charge >= 0.3 is 0 Å². The Bertz CT molecular complexity index is 326. The molecule has 82 valence electrons. The van der Waals surface area contributed by atoms with Gasteiger partial charge in [0, 0.05) is 5.75 Å². The Hall–Kier alpha value is -1.16. The lowest BCUT2D eigenvalue weighted by molar-refractivity contribution is -0.105. The second-order valence-corrected chi connectivity index (χ2v) is 4.32. The number of aromatic hydroxyl groups is 2. The van der Waals surface area contributed by atoms with Crippen molar-refractivity contribution in [2.45, 2.75) is 12.8 Å². The summed E-state index contributed by atoms with van der Waals surface area (Å²) in [5.41, 5.74) is 0.997. The van der Waals surface area contributed by atoms with E-state index in [2.05, 4.69) is 0 Å². The summed E-state index contributed by atoms with van der Waals surface area (Å²) in [5.74, 6) is 1.31. The molecule has 3 nitrogen and oxygen atoms in total. The van der Waals surface area contributed by atoms with E-state index in [4.69, 9.17) is 5.11 Å². The van der Waals surface area contributed by atoms with Gasteiger partial charge in [-0.15, -0.1) is 0 Å². The fourth-order valence-corrected chi connectivity index (χ4v) is 1.85. The third-order valence-corrected chi connectivity index (χ3v) is 2.93. The molecule has 0 aliphatic heterocycles. The molecule has 15 heavy (non-hydrogen) atoms. The highest BCUT2D eigenvalue weighted by atomic mass is 32.2. The first-order valence-corrected chi connectivity index (χ1v) is 5.91. The highest BCUT2D eigenvalue weighted by Gasteiger charge is 2.00. The van der Waals surface area contributed by atoms with E-state index in [1.54, 1.807) is 23.9 Å². The molecule has 0 spiro atoms. The molecule has 0 saturated carbocycles. The van der Waals surface area contributed by atoms with Crippen LogP contribution in [0.3, 0.4) is 0 Å². The van der Waals surface area contributed by atoms with Crippen LogP contribution >= 0.6 is 11.8 Å². The number of thioether (sulfide) groups is 1. The topological polar surface area (TPSA) is 57.5 Å². The van der Waals surface area contributed by atoms with E-state index in [9.17, 15) is 9.90 Å². The first kappa shape index (κ1) is 11.9. The van der Waals surface area contributed by atoms with Crippen LogP contribution in [0.25, 0.3) is 0 Å². The van der Waals surface area contributed by atoms with Crippen LogP contribution in [0.1, 0.15) is 12.0 Å². The molecular weight excluding hydrogens is 212 g/mol. The van der Waals surface area contributed by atoms with Crippen molar-refractivity contribution in [3.63, 3.8) is 0 Å². The minimum Gasteiger partial charge on any atom is -0.504 e. The van der Waals surface area contributed by atoms with Crippen LogP contribution < -0.4 is 0 Å². The predicted octanol–water partition coefficient (Wildman–Crippen LogP) is 1.96.